The fraction of sp³-hybridized carbons (Fsp3) is 0.429. The number of nitrogens with two attached hydrogens (primary N) is 1. The van der Waals surface area contributed by atoms with Crippen LogP contribution in [0.3, 0.4) is 0 Å². The molecule has 30 heavy (non-hydrogen) atoms. The van der Waals surface area contributed by atoms with E-state index in [1.807, 2.05) is 37.4 Å². The van der Waals surface area contributed by atoms with Gasteiger partial charge in [0.1, 0.15) is 0 Å². The fourth-order valence-electron chi connectivity index (χ4n) is 4.20. The molecular formula is C21H28Cl2N6O. The number of pyridine rings is 1. The van der Waals surface area contributed by atoms with Gasteiger partial charge >= 0.3 is 0 Å². The van der Waals surface area contributed by atoms with E-state index in [4.69, 9.17) is 5.73 Å². The molecule has 1 atom stereocenters. The first-order valence-electron chi connectivity index (χ1n) is 9.95. The van der Waals surface area contributed by atoms with Gasteiger partial charge in [-0.3, -0.25) is 9.78 Å². The van der Waals surface area contributed by atoms with Crippen molar-refractivity contribution < 1.29 is 4.79 Å². The van der Waals surface area contributed by atoms with Crippen LogP contribution in [0, 0.1) is 12.8 Å². The van der Waals surface area contributed by atoms with Crippen molar-refractivity contribution in [3.05, 3.63) is 48.0 Å². The van der Waals surface area contributed by atoms with Crippen molar-refractivity contribution in [2.45, 2.75) is 45.1 Å². The molecule has 3 aromatic rings. The zero-order valence-electron chi connectivity index (χ0n) is 17.0. The summed E-state index contributed by atoms with van der Waals surface area (Å²) in [6, 6.07) is 7.85. The van der Waals surface area contributed by atoms with Crippen molar-refractivity contribution in [1.82, 2.24) is 25.3 Å². The quantitative estimate of drug-likeness (QED) is 0.618. The van der Waals surface area contributed by atoms with E-state index in [-0.39, 0.29) is 36.8 Å². The number of amides is 1. The molecule has 0 saturated heterocycles. The van der Waals surface area contributed by atoms with Crippen LogP contribution in [0.4, 0.5) is 0 Å². The third kappa shape index (κ3) is 4.74. The van der Waals surface area contributed by atoms with Gasteiger partial charge in [0.25, 0.3) is 5.91 Å². The van der Waals surface area contributed by atoms with Gasteiger partial charge in [0.05, 0.1) is 11.4 Å². The SMILES string of the molecule is Cc1c(C(=O)NC(CN)C2CCCCC2)nnn1-c1cccc2cnccc12.Cl.Cl. The molecule has 0 radical (unpaired) electrons. The highest BCUT2D eigenvalue weighted by Gasteiger charge is 2.26. The van der Waals surface area contributed by atoms with Crippen LogP contribution in [0.1, 0.15) is 48.3 Å². The van der Waals surface area contributed by atoms with E-state index >= 15 is 0 Å². The molecule has 162 valence electrons. The number of rotatable bonds is 5. The predicted molar refractivity (Wildman–Crippen MR) is 123 cm³/mol. The molecule has 2 aromatic heterocycles. The molecule has 4 rings (SSSR count). The number of nitrogens with zero attached hydrogens (tertiary/aromatic N) is 4. The lowest BCUT2D eigenvalue weighted by molar-refractivity contribution is 0.0909. The normalized spacial score (nSPS) is 15.1. The second-order valence-corrected chi connectivity index (χ2v) is 7.52. The van der Waals surface area contributed by atoms with Crippen LogP contribution in [0.5, 0.6) is 0 Å². The van der Waals surface area contributed by atoms with Gasteiger partial charge in [-0.05, 0) is 37.8 Å². The number of carbonyl (C=O) groups is 1. The van der Waals surface area contributed by atoms with E-state index in [0.29, 0.717) is 23.9 Å². The number of hydrogen-bond acceptors (Lipinski definition) is 5. The van der Waals surface area contributed by atoms with Gasteiger partial charge in [0, 0.05) is 35.8 Å². The van der Waals surface area contributed by atoms with Crippen LogP contribution in [0.15, 0.2) is 36.7 Å². The lowest BCUT2D eigenvalue weighted by Gasteiger charge is -2.29. The van der Waals surface area contributed by atoms with Gasteiger partial charge in [-0.1, -0.05) is 36.6 Å². The molecule has 3 N–H and O–H groups in total. The Bertz CT molecular complexity index is 981. The molecule has 1 unspecified atom stereocenters. The number of nitrogens with one attached hydrogen (secondary N) is 1. The topological polar surface area (TPSA) is 98.7 Å². The fourth-order valence-corrected chi connectivity index (χ4v) is 4.20. The Labute approximate surface area is 188 Å². The predicted octanol–water partition coefficient (Wildman–Crippen LogP) is 3.60. The molecule has 0 spiro atoms. The van der Waals surface area contributed by atoms with Crippen molar-refractivity contribution in [3.8, 4) is 5.69 Å². The Morgan fingerprint density at radius 1 is 1.23 bits per heavy atom. The smallest absolute Gasteiger partial charge is 0.274 e. The van der Waals surface area contributed by atoms with Crippen molar-refractivity contribution in [2.24, 2.45) is 11.7 Å². The Balaban J connectivity index is 0.00000160. The number of benzene rings is 1. The molecule has 0 aliphatic heterocycles. The van der Waals surface area contributed by atoms with E-state index in [9.17, 15) is 4.79 Å². The van der Waals surface area contributed by atoms with Crippen molar-refractivity contribution >= 4 is 41.5 Å². The molecule has 1 saturated carbocycles. The largest absolute Gasteiger partial charge is 0.346 e. The molecule has 0 bridgehead atoms. The zero-order chi connectivity index (χ0) is 19.5. The molecule has 7 nitrogen and oxygen atoms in total. The molecule has 1 fully saturated rings. The molecule has 1 aromatic carbocycles. The number of halogens is 2. The first kappa shape index (κ1) is 24.1. The van der Waals surface area contributed by atoms with Gasteiger partial charge in [-0.25, -0.2) is 4.68 Å². The Hall–Kier alpha value is -2.22. The lowest BCUT2D eigenvalue weighted by Crippen LogP contribution is -2.46. The summed E-state index contributed by atoms with van der Waals surface area (Å²) in [7, 11) is 0. The Morgan fingerprint density at radius 2 is 2.00 bits per heavy atom. The average molecular weight is 451 g/mol. The molecule has 1 amide bonds. The first-order chi connectivity index (χ1) is 13.7. The van der Waals surface area contributed by atoms with Crippen LogP contribution in [-0.4, -0.2) is 38.5 Å². The van der Waals surface area contributed by atoms with Crippen molar-refractivity contribution in [1.29, 1.82) is 0 Å². The number of aromatic nitrogens is 4. The van der Waals surface area contributed by atoms with E-state index in [2.05, 4.69) is 20.6 Å². The number of fused-ring (bicyclic) bond motifs is 1. The van der Waals surface area contributed by atoms with Crippen LogP contribution in [0.25, 0.3) is 16.5 Å². The van der Waals surface area contributed by atoms with E-state index in [1.165, 1.54) is 19.3 Å². The minimum atomic E-state index is -0.202. The summed E-state index contributed by atoms with van der Waals surface area (Å²) in [4.78, 5) is 17.1. The second kappa shape index (κ2) is 10.7. The summed E-state index contributed by atoms with van der Waals surface area (Å²) in [6.07, 6.45) is 9.51. The highest BCUT2D eigenvalue weighted by atomic mass is 35.5. The summed E-state index contributed by atoms with van der Waals surface area (Å²) in [5.74, 6) is 0.246. The van der Waals surface area contributed by atoms with Gasteiger partial charge < -0.3 is 11.1 Å². The molecule has 2 heterocycles. The van der Waals surface area contributed by atoms with Gasteiger partial charge in [-0.2, -0.15) is 0 Å². The minimum Gasteiger partial charge on any atom is -0.346 e. The number of hydrogen-bond donors (Lipinski definition) is 2. The van der Waals surface area contributed by atoms with Gasteiger partial charge in [-0.15, -0.1) is 29.9 Å². The summed E-state index contributed by atoms with van der Waals surface area (Å²) >= 11 is 0. The average Bonchev–Trinajstić information content (AvgIpc) is 3.13. The van der Waals surface area contributed by atoms with Crippen LogP contribution >= 0.6 is 24.8 Å². The summed E-state index contributed by atoms with van der Waals surface area (Å²) in [5, 5.41) is 13.6. The second-order valence-electron chi connectivity index (χ2n) is 7.52. The maximum absolute atomic E-state index is 12.9. The van der Waals surface area contributed by atoms with Gasteiger partial charge in [0.2, 0.25) is 0 Å². The number of carbonyl (C=O) groups excluding carboxylic acids is 1. The minimum absolute atomic E-state index is 0. The van der Waals surface area contributed by atoms with Gasteiger partial charge in [0.15, 0.2) is 5.69 Å². The van der Waals surface area contributed by atoms with Crippen LogP contribution in [-0.2, 0) is 0 Å². The summed E-state index contributed by atoms with van der Waals surface area (Å²) < 4.78 is 1.72. The van der Waals surface area contributed by atoms with E-state index < -0.39 is 0 Å². The maximum atomic E-state index is 12.9. The van der Waals surface area contributed by atoms with Crippen molar-refractivity contribution in [3.63, 3.8) is 0 Å². The molecule has 9 heteroatoms. The molecule has 1 aliphatic rings. The Morgan fingerprint density at radius 3 is 2.73 bits per heavy atom. The lowest BCUT2D eigenvalue weighted by atomic mass is 9.84. The summed E-state index contributed by atoms with van der Waals surface area (Å²) in [6.45, 7) is 2.31. The van der Waals surface area contributed by atoms with Crippen molar-refractivity contribution in [2.75, 3.05) is 6.54 Å². The summed E-state index contributed by atoms with van der Waals surface area (Å²) in [5.41, 5.74) is 7.90. The maximum Gasteiger partial charge on any atom is 0.274 e. The van der Waals surface area contributed by atoms with E-state index in [0.717, 1.165) is 29.3 Å². The van der Waals surface area contributed by atoms with Crippen LogP contribution in [0.2, 0.25) is 0 Å². The van der Waals surface area contributed by atoms with E-state index in [1.54, 1.807) is 10.9 Å². The third-order valence-corrected chi connectivity index (χ3v) is 5.78. The zero-order valence-corrected chi connectivity index (χ0v) is 18.6. The first-order valence-corrected chi connectivity index (χ1v) is 9.95. The van der Waals surface area contributed by atoms with Crippen LogP contribution < -0.4 is 11.1 Å². The highest BCUT2D eigenvalue weighted by molar-refractivity contribution is 5.94. The molecule has 1 aliphatic carbocycles. The standard InChI is InChI=1S/C21H26N6O.2ClH/c1-14-20(21(28)24-18(12-22)15-6-3-2-4-7-15)25-26-27(14)19-9-5-8-16-13-23-11-10-17(16)19;;/h5,8-11,13,15,18H,2-4,6-7,12,22H2,1H3,(H,24,28);2*1H. The highest BCUT2D eigenvalue weighted by Crippen LogP contribution is 2.27. The molecular weight excluding hydrogens is 423 g/mol. The third-order valence-electron chi connectivity index (χ3n) is 5.78. The Kier molecular flexibility index (Phi) is 8.58. The monoisotopic (exact) mass is 450 g/mol.